The van der Waals surface area contributed by atoms with Crippen LogP contribution in [0.3, 0.4) is 0 Å². The summed E-state index contributed by atoms with van der Waals surface area (Å²) in [4.78, 5) is 0.127. The van der Waals surface area contributed by atoms with Gasteiger partial charge in [-0.3, -0.25) is 4.72 Å². The molecule has 0 fully saturated rings. The number of methoxy groups -OCH3 is 1. The Morgan fingerprint density at radius 3 is 2.38 bits per heavy atom. The van der Waals surface area contributed by atoms with Crippen molar-refractivity contribution in [2.75, 3.05) is 17.6 Å². The van der Waals surface area contributed by atoms with E-state index < -0.39 is 10.0 Å². The fraction of sp³-hybridized carbons (Fsp3) is 0.200. The molecule has 0 aromatic heterocycles. The highest BCUT2D eigenvalue weighted by Crippen LogP contribution is 2.28. The van der Waals surface area contributed by atoms with Crippen LogP contribution in [0.2, 0.25) is 0 Å². The van der Waals surface area contributed by atoms with E-state index in [1.807, 2.05) is 13.0 Å². The van der Waals surface area contributed by atoms with Gasteiger partial charge in [0, 0.05) is 5.69 Å². The van der Waals surface area contributed by atoms with E-state index in [-0.39, 0.29) is 4.90 Å². The van der Waals surface area contributed by atoms with E-state index in [9.17, 15) is 8.42 Å². The Bertz CT molecular complexity index is 750. The zero-order valence-electron chi connectivity index (χ0n) is 12.2. The van der Waals surface area contributed by atoms with Gasteiger partial charge in [-0.05, 0) is 55.3 Å². The summed E-state index contributed by atoms with van der Waals surface area (Å²) in [7, 11) is -2.22. The number of benzene rings is 2. The van der Waals surface area contributed by atoms with Gasteiger partial charge in [0.1, 0.15) is 5.75 Å². The highest BCUT2D eigenvalue weighted by Gasteiger charge is 2.17. The van der Waals surface area contributed by atoms with Crippen molar-refractivity contribution < 1.29 is 13.2 Å². The summed E-state index contributed by atoms with van der Waals surface area (Å²) < 4.78 is 32.6. The lowest BCUT2D eigenvalue weighted by Crippen LogP contribution is -2.14. The van der Waals surface area contributed by atoms with Crippen LogP contribution in [0.25, 0.3) is 0 Å². The van der Waals surface area contributed by atoms with E-state index in [0.717, 1.165) is 11.1 Å². The molecule has 0 radical (unpaired) electrons. The summed E-state index contributed by atoms with van der Waals surface area (Å²) in [6.07, 6.45) is 0. The maximum absolute atomic E-state index is 12.4. The van der Waals surface area contributed by atoms with Crippen molar-refractivity contribution in [2.45, 2.75) is 18.7 Å². The van der Waals surface area contributed by atoms with Crippen LogP contribution < -0.4 is 15.2 Å². The quantitative estimate of drug-likeness (QED) is 0.851. The van der Waals surface area contributed by atoms with Crippen LogP contribution in [0.5, 0.6) is 5.75 Å². The molecule has 0 spiro atoms. The molecule has 0 bridgehead atoms. The number of rotatable bonds is 4. The van der Waals surface area contributed by atoms with E-state index in [1.54, 1.807) is 31.2 Å². The maximum atomic E-state index is 12.4. The molecule has 112 valence electrons. The average Bonchev–Trinajstić information content (AvgIpc) is 2.39. The molecular weight excluding hydrogens is 288 g/mol. The molecule has 2 aromatic rings. The first-order chi connectivity index (χ1) is 9.81. The second-order valence-corrected chi connectivity index (χ2v) is 6.57. The molecule has 0 atom stereocenters. The molecule has 0 saturated heterocycles. The van der Waals surface area contributed by atoms with Gasteiger partial charge in [0.05, 0.1) is 17.7 Å². The van der Waals surface area contributed by atoms with Crippen LogP contribution in [0, 0.1) is 13.8 Å². The Morgan fingerprint density at radius 1 is 1.05 bits per heavy atom. The van der Waals surface area contributed by atoms with Crippen molar-refractivity contribution in [1.29, 1.82) is 0 Å². The second-order valence-electron chi connectivity index (χ2n) is 4.89. The number of nitrogen functional groups attached to an aromatic ring is 1. The normalized spacial score (nSPS) is 11.2. The first kappa shape index (κ1) is 15.2. The van der Waals surface area contributed by atoms with Gasteiger partial charge in [-0.25, -0.2) is 8.42 Å². The minimum absolute atomic E-state index is 0.127. The van der Waals surface area contributed by atoms with Gasteiger partial charge in [-0.15, -0.1) is 0 Å². The molecule has 21 heavy (non-hydrogen) atoms. The van der Waals surface area contributed by atoms with Gasteiger partial charge < -0.3 is 10.5 Å². The fourth-order valence-corrected chi connectivity index (χ4v) is 3.23. The Kier molecular flexibility index (Phi) is 4.09. The highest BCUT2D eigenvalue weighted by atomic mass is 32.2. The molecule has 0 heterocycles. The topological polar surface area (TPSA) is 81.4 Å². The zero-order chi connectivity index (χ0) is 15.6. The van der Waals surface area contributed by atoms with Gasteiger partial charge in [0.2, 0.25) is 0 Å². The van der Waals surface area contributed by atoms with Crippen LogP contribution >= 0.6 is 0 Å². The summed E-state index contributed by atoms with van der Waals surface area (Å²) in [6.45, 7) is 3.70. The van der Waals surface area contributed by atoms with E-state index in [1.165, 1.54) is 13.2 Å². The highest BCUT2D eigenvalue weighted by molar-refractivity contribution is 7.92. The lowest BCUT2D eigenvalue weighted by atomic mass is 10.2. The zero-order valence-corrected chi connectivity index (χ0v) is 13.0. The van der Waals surface area contributed by atoms with Crippen molar-refractivity contribution in [1.82, 2.24) is 0 Å². The minimum Gasteiger partial charge on any atom is -0.495 e. The Balaban J connectivity index is 2.42. The molecule has 2 rings (SSSR count). The number of nitrogens with one attached hydrogen (secondary N) is 1. The van der Waals surface area contributed by atoms with Crippen LogP contribution in [0.4, 0.5) is 11.4 Å². The Labute approximate surface area is 124 Å². The maximum Gasteiger partial charge on any atom is 0.262 e. The number of ether oxygens (including phenoxy) is 1. The molecular formula is C15H18N2O3S. The van der Waals surface area contributed by atoms with Gasteiger partial charge in [-0.2, -0.15) is 0 Å². The number of nitrogens with two attached hydrogens (primary N) is 1. The number of sulfonamides is 1. The smallest absolute Gasteiger partial charge is 0.262 e. The van der Waals surface area contributed by atoms with Gasteiger partial charge in [0.15, 0.2) is 0 Å². The van der Waals surface area contributed by atoms with E-state index in [0.29, 0.717) is 17.1 Å². The molecule has 0 saturated carbocycles. The number of hydrogen-bond acceptors (Lipinski definition) is 4. The lowest BCUT2D eigenvalue weighted by molar-refractivity contribution is 0.416. The fourth-order valence-electron chi connectivity index (χ4n) is 2.02. The molecule has 0 amide bonds. The third-order valence-electron chi connectivity index (χ3n) is 2.98. The van der Waals surface area contributed by atoms with Crippen molar-refractivity contribution >= 4 is 21.4 Å². The van der Waals surface area contributed by atoms with E-state index >= 15 is 0 Å². The van der Waals surface area contributed by atoms with Crippen molar-refractivity contribution in [3.05, 3.63) is 47.5 Å². The van der Waals surface area contributed by atoms with Gasteiger partial charge >= 0.3 is 0 Å². The van der Waals surface area contributed by atoms with Crippen molar-refractivity contribution in [3.8, 4) is 5.75 Å². The summed E-state index contributed by atoms with van der Waals surface area (Å²) in [6, 6.07) is 9.96. The largest absolute Gasteiger partial charge is 0.495 e. The summed E-state index contributed by atoms with van der Waals surface area (Å²) >= 11 is 0. The van der Waals surface area contributed by atoms with E-state index in [2.05, 4.69) is 4.72 Å². The van der Waals surface area contributed by atoms with Crippen molar-refractivity contribution in [3.63, 3.8) is 0 Å². The predicted molar refractivity (Wildman–Crippen MR) is 84.1 cm³/mol. The van der Waals surface area contributed by atoms with Crippen LogP contribution in [-0.4, -0.2) is 15.5 Å². The van der Waals surface area contributed by atoms with E-state index in [4.69, 9.17) is 10.5 Å². The average molecular weight is 306 g/mol. The number of aryl methyl sites for hydroxylation is 2. The molecule has 2 aromatic carbocycles. The lowest BCUT2D eigenvalue weighted by Gasteiger charge is -2.13. The predicted octanol–water partition coefficient (Wildman–Crippen LogP) is 2.70. The molecule has 0 aliphatic heterocycles. The van der Waals surface area contributed by atoms with Crippen LogP contribution in [-0.2, 0) is 10.0 Å². The molecule has 6 heteroatoms. The number of hydrogen-bond donors (Lipinski definition) is 2. The standard InChI is InChI=1S/C15H18N2O3S/c1-10-4-5-14(15(8-10)20-3)17-21(18,19)13-7-11(2)6-12(16)9-13/h4-9,17H,16H2,1-3H3. The molecule has 0 aliphatic carbocycles. The molecule has 3 N–H and O–H groups in total. The van der Waals surface area contributed by atoms with Crippen LogP contribution in [0.15, 0.2) is 41.3 Å². The third-order valence-corrected chi connectivity index (χ3v) is 4.33. The first-order valence-electron chi connectivity index (χ1n) is 6.36. The summed E-state index contributed by atoms with van der Waals surface area (Å²) in [5, 5.41) is 0. The Hall–Kier alpha value is -2.21. The summed E-state index contributed by atoms with van der Waals surface area (Å²) in [5.41, 5.74) is 8.27. The molecule has 5 nitrogen and oxygen atoms in total. The summed E-state index contributed by atoms with van der Waals surface area (Å²) in [5.74, 6) is 0.471. The van der Waals surface area contributed by atoms with Crippen molar-refractivity contribution in [2.24, 2.45) is 0 Å². The second kappa shape index (κ2) is 5.65. The molecule has 0 aliphatic rings. The number of anilines is 2. The first-order valence-corrected chi connectivity index (χ1v) is 7.85. The van der Waals surface area contributed by atoms with Gasteiger partial charge in [-0.1, -0.05) is 6.07 Å². The monoisotopic (exact) mass is 306 g/mol. The SMILES string of the molecule is COc1cc(C)ccc1NS(=O)(=O)c1cc(C)cc(N)c1. The third kappa shape index (κ3) is 3.46. The Morgan fingerprint density at radius 2 is 1.76 bits per heavy atom. The van der Waals surface area contributed by atoms with Gasteiger partial charge in [0.25, 0.3) is 10.0 Å². The minimum atomic E-state index is -3.71. The molecule has 0 unspecified atom stereocenters. The van der Waals surface area contributed by atoms with Crippen LogP contribution in [0.1, 0.15) is 11.1 Å².